The molecular weight excluding hydrogens is 294 g/mol. The van der Waals surface area contributed by atoms with Crippen LogP contribution < -0.4 is 4.90 Å². The molecule has 0 radical (unpaired) electrons. The largest absolute Gasteiger partial charge is 0.346 e. The van der Waals surface area contributed by atoms with Crippen LogP contribution >= 0.6 is 11.3 Å². The Morgan fingerprint density at radius 2 is 2.05 bits per heavy atom. The quantitative estimate of drug-likeness (QED) is 0.815. The lowest BCUT2D eigenvalue weighted by Crippen LogP contribution is -2.40. The lowest BCUT2D eigenvalue weighted by molar-refractivity contribution is 0.112. The summed E-state index contributed by atoms with van der Waals surface area (Å²) < 4.78 is 1.11. The molecule has 2 aliphatic rings. The van der Waals surface area contributed by atoms with E-state index in [1.807, 2.05) is 18.2 Å². The Bertz CT molecular complexity index is 678. The van der Waals surface area contributed by atoms with Gasteiger partial charge in [-0.05, 0) is 50.6 Å². The summed E-state index contributed by atoms with van der Waals surface area (Å²) in [6, 6.07) is 6.44. The molecule has 1 aromatic heterocycles. The van der Waals surface area contributed by atoms with Crippen LogP contribution in [0.4, 0.5) is 5.13 Å². The normalized spacial score (nSPS) is 23.3. The first-order chi connectivity index (χ1) is 10.8. The van der Waals surface area contributed by atoms with E-state index in [1.165, 1.54) is 38.8 Å². The van der Waals surface area contributed by atoms with Gasteiger partial charge in [0.15, 0.2) is 5.13 Å². The van der Waals surface area contributed by atoms with Crippen molar-refractivity contribution in [2.45, 2.75) is 31.7 Å². The van der Waals surface area contributed by atoms with Crippen molar-refractivity contribution >= 4 is 33.0 Å². The lowest BCUT2D eigenvalue weighted by Gasteiger charge is -2.32. The summed E-state index contributed by atoms with van der Waals surface area (Å²) in [4.78, 5) is 20.7. The molecule has 0 saturated carbocycles. The molecule has 5 heteroatoms. The van der Waals surface area contributed by atoms with E-state index in [9.17, 15) is 4.79 Å². The van der Waals surface area contributed by atoms with Gasteiger partial charge in [-0.2, -0.15) is 0 Å². The molecule has 2 saturated heterocycles. The maximum Gasteiger partial charge on any atom is 0.186 e. The highest BCUT2D eigenvalue weighted by atomic mass is 32.1. The number of aldehydes is 1. The third-order valence-corrected chi connectivity index (χ3v) is 5.96. The molecule has 2 aromatic rings. The number of carbonyl (C=O) groups excluding carboxylic acids is 1. The summed E-state index contributed by atoms with van der Waals surface area (Å²) in [5.74, 6) is 0. The molecule has 4 rings (SSSR count). The standard InChI is InChI=1S/C17H21N3OS/c21-12-13-4-5-15-16(10-13)22-17(18-15)20-9-6-14(11-20)19-7-2-1-3-8-19/h4-5,10,12,14H,1-3,6-9,11H2/t14-/m1/s1. The molecule has 0 spiro atoms. The van der Waals surface area contributed by atoms with Crippen LogP contribution in [0.3, 0.4) is 0 Å². The number of benzene rings is 1. The van der Waals surface area contributed by atoms with E-state index in [1.54, 1.807) is 11.3 Å². The Hall–Kier alpha value is -1.46. The molecule has 1 atom stereocenters. The number of nitrogens with zero attached hydrogens (tertiary/aromatic N) is 3. The minimum atomic E-state index is 0.692. The van der Waals surface area contributed by atoms with Crippen LogP contribution in [0.2, 0.25) is 0 Å². The molecule has 1 aromatic carbocycles. The predicted molar refractivity (Wildman–Crippen MR) is 91.0 cm³/mol. The average molecular weight is 315 g/mol. The highest BCUT2D eigenvalue weighted by Crippen LogP contribution is 2.32. The number of anilines is 1. The number of carbonyl (C=O) groups is 1. The maximum absolute atomic E-state index is 10.9. The van der Waals surface area contributed by atoms with E-state index < -0.39 is 0 Å². The van der Waals surface area contributed by atoms with E-state index in [2.05, 4.69) is 9.80 Å². The number of hydrogen-bond acceptors (Lipinski definition) is 5. The molecule has 0 amide bonds. The van der Waals surface area contributed by atoms with Crippen LogP contribution in [0.15, 0.2) is 18.2 Å². The van der Waals surface area contributed by atoms with Gasteiger partial charge in [-0.3, -0.25) is 9.69 Å². The molecule has 2 aliphatic heterocycles. The fourth-order valence-electron chi connectivity index (χ4n) is 3.63. The molecule has 4 nitrogen and oxygen atoms in total. The molecule has 0 N–H and O–H groups in total. The number of piperidine rings is 1. The predicted octanol–water partition coefficient (Wildman–Crippen LogP) is 3.17. The molecule has 0 unspecified atom stereocenters. The fourth-order valence-corrected chi connectivity index (χ4v) is 4.68. The second-order valence-corrected chi connectivity index (χ2v) is 7.34. The van der Waals surface area contributed by atoms with Gasteiger partial charge in [0.1, 0.15) is 6.29 Å². The van der Waals surface area contributed by atoms with E-state index in [4.69, 9.17) is 4.98 Å². The first kappa shape index (κ1) is 14.2. The van der Waals surface area contributed by atoms with Crippen molar-refractivity contribution in [3.05, 3.63) is 23.8 Å². The first-order valence-electron chi connectivity index (χ1n) is 8.18. The highest BCUT2D eigenvalue weighted by molar-refractivity contribution is 7.22. The van der Waals surface area contributed by atoms with Crippen LogP contribution in [0.1, 0.15) is 36.0 Å². The fraction of sp³-hybridized carbons (Fsp3) is 0.529. The van der Waals surface area contributed by atoms with Crippen LogP contribution in [-0.4, -0.2) is 48.4 Å². The van der Waals surface area contributed by atoms with Gasteiger partial charge in [0.05, 0.1) is 10.2 Å². The second-order valence-electron chi connectivity index (χ2n) is 6.33. The summed E-state index contributed by atoms with van der Waals surface area (Å²) in [7, 11) is 0. The zero-order chi connectivity index (χ0) is 14.9. The van der Waals surface area contributed by atoms with Crippen molar-refractivity contribution < 1.29 is 4.79 Å². The Morgan fingerprint density at radius 3 is 2.86 bits per heavy atom. The number of rotatable bonds is 3. The monoisotopic (exact) mass is 315 g/mol. The van der Waals surface area contributed by atoms with Crippen LogP contribution in [0, 0.1) is 0 Å². The van der Waals surface area contributed by atoms with Gasteiger partial charge in [0.2, 0.25) is 0 Å². The van der Waals surface area contributed by atoms with Gasteiger partial charge >= 0.3 is 0 Å². The molecule has 116 valence electrons. The molecule has 3 heterocycles. The van der Waals surface area contributed by atoms with E-state index in [0.29, 0.717) is 6.04 Å². The van der Waals surface area contributed by atoms with Gasteiger partial charge in [-0.1, -0.05) is 17.8 Å². The van der Waals surface area contributed by atoms with E-state index in [-0.39, 0.29) is 0 Å². The van der Waals surface area contributed by atoms with Crippen molar-refractivity contribution in [1.29, 1.82) is 0 Å². The summed E-state index contributed by atoms with van der Waals surface area (Å²) in [6.45, 7) is 4.73. The van der Waals surface area contributed by atoms with Crippen molar-refractivity contribution in [2.24, 2.45) is 0 Å². The average Bonchev–Trinajstić information content (AvgIpc) is 3.21. The highest BCUT2D eigenvalue weighted by Gasteiger charge is 2.29. The molecular formula is C17H21N3OS. The molecule has 0 bridgehead atoms. The topological polar surface area (TPSA) is 36.4 Å². The minimum Gasteiger partial charge on any atom is -0.346 e. The summed E-state index contributed by atoms with van der Waals surface area (Å²) in [5, 5.41) is 1.11. The SMILES string of the molecule is O=Cc1ccc2nc(N3CC[C@@H](N4CCCCC4)C3)sc2c1. The van der Waals surface area contributed by atoms with Gasteiger partial charge in [-0.15, -0.1) is 0 Å². The van der Waals surface area contributed by atoms with Gasteiger partial charge in [0, 0.05) is 24.7 Å². The minimum absolute atomic E-state index is 0.692. The van der Waals surface area contributed by atoms with Crippen LogP contribution in [0.25, 0.3) is 10.2 Å². The van der Waals surface area contributed by atoms with Crippen LogP contribution in [0.5, 0.6) is 0 Å². The third kappa shape index (κ3) is 2.63. The lowest BCUT2D eigenvalue weighted by atomic mass is 10.1. The van der Waals surface area contributed by atoms with Crippen molar-refractivity contribution in [3.63, 3.8) is 0 Å². The van der Waals surface area contributed by atoms with E-state index in [0.717, 1.165) is 40.3 Å². The van der Waals surface area contributed by atoms with Crippen molar-refractivity contribution in [3.8, 4) is 0 Å². The third-order valence-electron chi connectivity index (χ3n) is 4.88. The van der Waals surface area contributed by atoms with Gasteiger partial charge in [0.25, 0.3) is 0 Å². The Labute approximate surface area is 134 Å². The van der Waals surface area contributed by atoms with Crippen LogP contribution in [-0.2, 0) is 0 Å². The summed E-state index contributed by atoms with van der Waals surface area (Å²) in [6.07, 6.45) is 6.25. The number of thiazole rings is 1. The molecule has 22 heavy (non-hydrogen) atoms. The maximum atomic E-state index is 10.9. The summed E-state index contributed by atoms with van der Waals surface area (Å²) >= 11 is 1.71. The van der Waals surface area contributed by atoms with Gasteiger partial charge in [-0.25, -0.2) is 4.98 Å². The van der Waals surface area contributed by atoms with Crippen molar-refractivity contribution in [2.75, 3.05) is 31.1 Å². The Kier molecular flexibility index (Phi) is 3.84. The zero-order valence-electron chi connectivity index (χ0n) is 12.7. The molecule has 0 aliphatic carbocycles. The Balaban J connectivity index is 1.51. The number of likely N-dealkylation sites (tertiary alicyclic amines) is 1. The smallest absolute Gasteiger partial charge is 0.186 e. The first-order valence-corrected chi connectivity index (χ1v) is 9.00. The number of hydrogen-bond donors (Lipinski definition) is 0. The number of aromatic nitrogens is 1. The van der Waals surface area contributed by atoms with E-state index >= 15 is 0 Å². The summed E-state index contributed by atoms with van der Waals surface area (Å²) in [5.41, 5.74) is 1.74. The second kappa shape index (κ2) is 5.97. The zero-order valence-corrected chi connectivity index (χ0v) is 13.5. The van der Waals surface area contributed by atoms with Gasteiger partial charge < -0.3 is 4.90 Å². The van der Waals surface area contributed by atoms with Crippen molar-refractivity contribution in [1.82, 2.24) is 9.88 Å². The Morgan fingerprint density at radius 1 is 1.18 bits per heavy atom. The number of fused-ring (bicyclic) bond motifs is 1. The molecule has 2 fully saturated rings.